The van der Waals surface area contributed by atoms with Crippen molar-refractivity contribution >= 4 is 73.4 Å². The summed E-state index contributed by atoms with van der Waals surface area (Å²) in [6.07, 6.45) is 0. The van der Waals surface area contributed by atoms with E-state index in [4.69, 9.17) is 9.11 Å². The first kappa shape index (κ1) is 24.3. The van der Waals surface area contributed by atoms with Crippen LogP contribution in [0.2, 0.25) is 0 Å². The third kappa shape index (κ3) is 4.32. The van der Waals surface area contributed by atoms with Gasteiger partial charge in [0, 0.05) is 38.4 Å². The molecule has 0 aliphatic rings. The quantitative estimate of drug-likeness (QED) is 0.195. The van der Waals surface area contributed by atoms with E-state index in [1.165, 1.54) is 0 Å². The van der Waals surface area contributed by atoms with Crippen LogP contribution in [-0.4, -0.2) is 51.9 Å². The molecular formula is C16H10O14S4. The van der Waals surface area contributed by atoms with Gasteiger partial charge in [0.2, 0.25) is 0 Å². The van der Waals surface area contributed by atoms with Gasteiger partial charge in [-0.1, -0.05) is 12.1 Å². The van der Waals surface area contributed by atoms with E-state index in [0.717, 1.165) is 24.3 Å². The summed E-state index contributed by atoms with van der Waals surface area (Å²) in [5.74, 6) is -1.51. The predicted molar refractivity (Wildman–Crippen MR) is 114 cm³/mol. The summed E-state index contributed by atoms with van der Waals surface area (Å²) in [5.41, 5.74) is 0. The second kappa shape index (κ2) is 7.33. The number of hydrogen-bond acceptors (Lipinski definition) is 10. The summed E-state index contributed by atoms with van der Waals surface area (Å²) in [5, 5.41) is -1.64. The minimum Gasteiger partial charge on any atom is -0.361 e. The number of benzene rings is 4. The van der Waals surface area contributed by atoms with E-state index in [-0.39, 0.29) is 32.3 Å². The SMILES string of the molecule is O=S(=O)(O)Oc1cc(OS(=O)(=O)O)c2ccc3c(S(=O)(=O)O)cc(S(=O)(=O)O)c4ccc1c2c43. The highest BCUT2D eigenvalue weighted by atomic mass is 32.3. The molecule has 4 N–H and O–H groups in total. The molecular weight excluding hydrogens is 544 g/mol. The van der Waals surface area contributed by atoms with Crippen LogP contribution >= 0.6 is 0 Å². The van der Waals surface area contributed by atoms with Crippen LogP contribution in [0.4, 0.5) is 0 Å². The molecule has 0 spiro atoms. The average Bonchev–Trinajstić information content (AvgIpc) is 2.63. The van der Waals surface area contributed by atoms with Crippen LogP contribution in [0.25, 0.3) is 32.3 Å². The third-order valence-electron chi connectivity index (χ3n) is 4.69. The molecule has 0 amide bonds. The highest BCUT2D eigenvalue weighted by Crippen LogP contribution is 2.46. The summed E-state index contributed by atoms with van der Waals surface area (Å²) in [7, 11) is -20.6. The summed E-state index contributed by atoms with van der Waals surface area (Å²) in [4.78, 5) is -1.92. The van der Waals surface area contributed by atoms with Gasteiger partial charge in [-0.3, -0.25) is 18.2 Å². The molecule has 0 aliphatic heterocycles. The van der Waals surface area contributed by atoms with Crippen molar-refractivity contribution in [3.8, 4) is 11.5 Å². The number of rotatable bonds is 6. The molecule has 0 aliphatic carbocycles. The fourth-order valence-electron chi connectivity index (χ4n) is 3.66. The average molecular weight is 555 g/mol. The van der Waals surface area contributed by atoms with Crippen molar-refractivity contribution in [2.24, 2.45) is 0 Å². The second-order valence-electron chi connectivity index (χ2n) is 6.79. The zero-order chi connectivity index (χ0) is 25.4. The van der Waals surface area contributed by atoms with Crippen molar-refractivity contribution in [1.29, 1.82) is 0 Å². The van der Waals surface area contributed by atoms with Crippen molar-refractivity contribution < 1.29 is 60.2 Å². The molecule has 0 saturated heterocycles. The Morgan fingerprint density at radius 1 is 0.500 bits per heavy atom. The zero-order valence-electron chi connectivity index (χ0n) is 16.0. The van der Waals surface area contributed by atoms with Crippen LogP contribution in [0.5, 0.6) is 11.5 Å². The molecule has 0 atom stereocenters. The first-order valence-electron chi connectivity index (χ1n) is 8.44. The van der Waals surface area contributed by atoms with Gasteiger partial charge >= 0.3 is 20.8 Å². The minimum atomic E-state index is -5.21. The first-order valence-corrected chi connectivity index (χ1v) is 14.0. The summed E-state index contributed by atoms with van der Waals surface area (Å²) in [6.45, 7) is 0. The molecule has 18 heteroatoms. The van der Waals surface area contributed by atoms with E-state index in [1.54, 1.807) is 0 Å². The molecule has 14 nitrogen and oxygen atoms in total. The lowest BCUT2D eigenvalue weighted by atomic mass is 9.93. The minimum absolute atomic E-state index is 0.220. The highest BCUT2D eigenvalue weighted by Gasteiger charge is 2.28. The maximum Gasteiger partial charge on any atom is 0.446 e. The van der Waals surface area contributed by atoms with Crippen molar-refractivity contribution in [1.82, 2.24) is 0 Å². The molecule has 0 heterocycles. The van der Waals surface area contributed by atoms with Gasteiger partial charge in [-0.25, -0.2) is 0 Å². The van der Waals surface area contributed by atoms with Crippen molar-refractivity contribution in [2.45, 2.75) is 9.79 Å². The summed E-state index contributed by atoms with van der Waals surface area (Å²) in [6, 6.07) is 5.41. The fraction of sp³-hybridized carbons (Fsp3) is 0. The van der Waals surface area contributed by atoms with E-state index in [9.17, 15) is 42.8 Å². The molecule has 4 aromatic carbocycles. The summed E-state index contributed by atoms with van der Waals surface area (Å²) >= 11 is 0. The lowest BCUT2D eigenvalue weighted by molar-refractivity contribution is 0.384. The molecule has 0 aromatic heterocycles. The van der Waals surface area contributed by atoms with Crippen LogP contribution in [0.3, 0.4) is 0 Å². The van der Waals surface area contributed by atoms with Gasteiger partial charge in [-0.05, 0) is 18.2 Å². The Morgan fingerprint density at radius 2 is 0.824 bits per heavy atom. The highest BCUT2D eigenvalue weighted by molar-refractivity contribution is 7.87. The Bertz CT molecular complexity index is 1810. The van der Waals surface area contributed by atoms with E-state index in [0.29, 0.717) is 12.1 Å². The predicted octanol–water partition coefficient (Wildman–Crippen LogP) is 1.44. The van der Waals surface area contributed by atoms with Crippen molar-refractivity contribution in [2.75, 3.05) is 0 Å². The van der Waals surface area contributed by atoms with Crippen molar-refractivity contribution in [3.05, 3.63) is 36.4 Å². The molecule has 4 aromatic rings. The Kier molecular flexibility index (Phi) is 5.23. The van der Waals surface area contributed by atoms with Crippen LogP contribution in [-0.2, 0) is 41.0 Å². The standard InChI is InChI=1S/C16H10O14S4/c17-31(18,19)13-6-14(32(20,21)22)10-4-2-8-12(30-34(26,27)28)5-11(29-33(23,24)25)7-1-3-9(13)16(10)15(7)8/h1-6H,(H,17,18,19)(H,20,21,22)(H,23,24,25)(H,26,27,28). The van der Waals surface area contributed by atoms with Crippen molar-refractivity contribution in [3.63, 3.8) is 0 Å². The van der Waals surface area contributed by atoms with E-state index >= 15 is 0 Å². The third-order valence-corrected chi connectivity index (χ3v) is 7.26. The maximum absolute atomic E-state index is 12.0. The van der Waals surface area contributed by atoms with Gasteiger partial charge in [-0.15, -0.1) is 0 Å². The fourth-order valence-corrected chi connectivity index (χ4v) is 5.89. The van der Waals surface area contributed by atoms with Gasteiger partial charge in [0.15, 0.2) is 11.5 Å². The first-order chi connectivity index (χ1) is 15.4. The topological polar surface area (TPSA) is 236 Å². The van der Waals surface area contributed by atoms with Crippen LogP contribution < -0.4 is 8.37 Å². The van der Waals surface area contributed by atoms with Crippen LogP contribution in [0.1, 0.15) is 0 Å². The van der Waals surface area contributed by atoms with E-state index in [2.05, 4.69) is 8.37 Å². The molecule has 0 unspecified atom stereocenters. The monoisotopic (exact) mass is 554 g/mol. The van der Waals surface area contributed by atoms with E-state index in [1.807, 2.05) is 0 Å². The van der Waals surface area contributed by atoms with Gasteiger partial charge in [-0.2, -0.15) is 33.7 Å². The van der Waals surface area contributed by atoms with Gasteiger partial charge in [0.05, 0.1) is 0 Å². The van der Waals surface area contributed by atoms with Gasteiger partial charge in [0.25, 0.3) is 20.2 Å². The Balaban J connectivity index is 2.36. The van der Waals surface area contributed by atoms with Gasteiger partial charge in [0.1, 0.15) is 9.79 Å². The Morgan fingerprint density at radius 3 is 1.15 bits per heavy atom. The lowest BCUT2D eigenvalue weighted by Crippen LogP contribution is -2.10. The molecule has 0 fully saturated rings. The zero-order valence-corrected chi connectivity index (χ0v) is 19.2. The number of hydrogen-bond donors (Lipinski definition) is 4. The molecule has 0 bridgehead atoms. The largest absolute Gasteiger partial charge is 0.446 e. The molecule has 4 rings (SSSR count). The molecule has 0 radical (unpaired) electrons. The van der Waals surface area contributed by atoms with E-state index < -0.39 is 62.3 Å². The Hall–Kier alpha value is -2.84. The smallest absolute Gasteiger partial charge is 0.361 e. The molecule has 0 saturated carbocycles. The van der Waals surface area contributed by atoms with Gasteiger partial charge < -0.3 is 8.37 Å². The van der Waals surface area contributed by atoms with Crippen LogP contribution in [0, 0.1) is 0 Å². The molecule has 182 valence electrons. The normalized spacial score (nSPS) is 13.6. The van der Waals surface area contributed by atoms with Crippen LogP contribution in [0.15, 0.2) is 46.2 Å². The molecule has 34 heavy (non-hydrogen) atoms. The summed E-state index contributed by atoms with van der Waals surface area (Å²) < 4.78 is 140. The second-order valence-corrected chi connectivity index (χ2v) is 11.6. The Labute approximate surface area is 191 Å². The maximum atomic E-state index is 12.0. The lowest BCUT2D eigenvalue weighted by Gasteiger charge is -2.18.